The minimum atomic E-state index is 0.563. The third kappa shape index (κ3) is 4.87. The summed E-state index contributed by atoms with van der Waals surface area (Å²) in [7, 11) is 0. The van der Waals surface area contributed by atoms with Crippen molar-refractivity contribution in [3.8, 4) is 45.5 Å². The molecular weight excluding hydrogens is 699 g/mol. The Morgan fingerprint density at radius 3 is 1.51 bits per heavy atom. The van der Waals surface area contributed by atoms with E-state index in [2.05, 4.69) is 137 Å². The average Bonchev–Trinajstić information content (AvgIpc) is 3.93. The second kappa shape index (κ2) is 12.3. The van der Waals surface area contributed by atoms with Crippen LogP contribution in [-0.2, 0) is 0 Å². The Morgan fingerprint density at radius 1 is 0.333 bits per heavy atom. The van der Waals surface area contributed by atoms with E-state index in [1.165, 1.54) is 32.6 Å². The van der Waals surface area contributed by atoms with Crippen molar-refractivity contribution >= 4 is 65.6 Å². The zero-order chi connectivity index (χ0) is 37.5. The number of benzene rings is 8. The van der Waals surface area contributed by atoms with Crippen molar-refractivity contribution in [1.29, 1.82) is 0 Å². The summed E-state index contributed by atoms with van der Waals surface area (Å²) >= 11 is 0. The van der Waals surface area contributed by atoms with Gasteiger partial charge in [0.1, 0.15) is 11.2 Å². The number of rotatable bonds is 5. The molecule has 0 aliphatic carbocycles. The Kier molecular flexibility index (Phi) is 6.83. The molecule has 8 aromatic carbocycles. The van der Waals surface area contributed by atoms with Gasteiger partial charge in [-0.1, -0.05) is 115 Å². The van der Waals surface area contributed by atoms with Gasteiger partial charge in [-0.05, 0) is 72.8 Å². The molecule has 0 bridgehead atoms. The second-order valence-corrected chi connectivity index (χ2v) is 14.4. The molecule has 12 rings (SSSR count). The molecule has 0 aliphatic rings. The fourth-order valence-corrected chi connectivity index (χ4v) is 8.59. The highest BCUT2D eigenvalue weighted by molar-refractivity contribution is 6.19. The van der Waals surface area contributed by atoms with Gasteiger partial charge in [-0.2, -0.15) is 0 Å². The maximum Gasteiger partial charge on any atom is 0.167 e. The number of aromatic nitrogens is 5. The van der Waals surface area contributed by atoms with Gasteiger partial charge in [-0.3, -0.25) is 0 Å². The molecule has 266 valence electrons. The number of para-hydroxylation sites is 5. The van der Waals surface area contributed by atoms with Crippen LogP contribution in [0.5, 0.6) is 0 Å². The molecule has 0 saturated heterocycles. The molecule has 57 heavy (non-hydrogen) atoms. The molecule has 0 unspecified atom stereocenters. The van der Waals surface area contributed by atoms with Crippen molar-refractivity contribution in [1.82, 2.24) is 24.1 Å². The summed E-state index contributed by atoms with van der Waals surface area (Å²) < 4.78 is 11.2. The Balaban J connectivity index is 1.04. The summed E-state index contributed by atoms with van der Waals surface area (Å²) in [5, 5.41) is 7.00. The van der Waals surface area contributed by atoms with Crippen LogP contribution in [-0.4, -0.2) is 24.1 Å². The fraction of sp³-hybridized carbons (Fsp3) is 0. The Morgan fingerprint density at radius 2 is 0.842 bits per heavy atom. The van der Waals surface area contributed by atoms with Crippen molar-refractivity contribution in [3.63, 3.8) is 0 Å². The monoisotopic (exact) mass is 729 g/mol. The van der Waals surface area contributed by atoms with Gasteiger partial charge in [-0.25, -0.2) is 15.0 Å². The zero-order valence-corrected chi connectivity index (χ0v) is 30.5. The zero-order valence-electron chi connectivity index (χ0n) is 30.5. The lowest BCUT2D eigenvalue weighted by Gasteiger charge is -2.11. The topological polar surface area (TPSA) is 61.7 Å². The molecule has 4 heterocycles. The summed E-state index contributed by atoms with van der Waals surface area (Å²) in [5.41, 5.74) is 11.1. The van der Waals surface area contributed by atoms with E-state index in [0.29, 0.717) is 17.5 Å². The van der Waals surface area contributed by atoms with Gasteiger partial charge < -0.3 is 13.6 Å². The minimum Gasteiger partial charge on any atom is -0.455 e. The van der Waals surface area contributed by atoms with Crippen LogP contribution < -0.4 is 0 Å². The van der Waals surface area contributed by atoms with E-state index >= 15 is 0 Å². The van der Waals surface area contributed by atoms with E-state index in [1.54, 1.807) is 0 Å². The summed E-state index contributed by atoms with van der Waals surface area (Å²) in [5.74, 6) is 1.76. The Labute approximate surface area is 326 Å². The molecule has 0 atom stereocenters. The lowest BCUT2D eigenvalue weighted by molar-refractivity contribution is 0.669. The van der Waals surface area contributed by atoms with Crippen molar-refractivity contribution < 1.29 is 4.42 Å². The summed E-state index contributed by atoms with van der Waals surface area (Å²) in [4.78, 5) is 15.2. The van der Waals surface area contributed by atoms with E-state index < -0.39 is 0 Å². The van der Waals surface area contributed by atoms with Crippen LogP contribution in [0.2, 0.25) is 0 Å². The van der Waals surface area contributed by atoms with Gasteiger partial charge in [0.25, 0.3) is 0 Å². The van der Waals surface area contributed by atoms with Gasteiger partial charge in [0.2, 0.25) is 0 Å². The van der Waals surface area contributed by atoms with Crippen molar-refractivity contribution in [2.75, 3.05) is 0 Å². The van der Waals surface area contributed by atoms with Crippen LogP contribution in [0.3, 0.4) is 0 Å². The smallest absolute Gasteiger partial charge is 0.167 e. The largest absolute Gasteiger partial charge is 0.455 e. The molecule has 12 aromatic rings. The molecule has 0 saturated carbocycles. The van der Waals surface area contributed by atoms with Crippen molar-refractivity contribution in [2.45, 2.75) is 0 Å². The van der Waals surface area contributed by atoms with Crippen molar-refractivity contribution in [2.24, 2.45) is 0 Å². The number of hydrogen-bond acceptors (Lipinski definition) is 4. The van der Waals surface area contributed by atoms with Crippen molar-refractivity contribution in [3.05, 3.63) is 188 Å². The van der Waals surface area contributed by atoms with Crippen LogP contribution in [0.25, 0.3) is 111 Å². The van der Waals surface area contributed by atoms with Gasteiger partial charge >= 0.3 is 0 Å². The normalized spacial score (nSPS) is 11.9. The first kappa shape index (κ1) is 31.5. The van der Waals surface area contributed by atoms with E-state index in [4.69, 9.17) is 19.4 Å². The highest BCUT2D eigenvalue weighted by atomic mass is 16.3. The van der Waals surface area contributed by atoms with Crippen LogP contribution in [0.15, 0.2) is 192 Å². The third-order valence-corrected chi connectivity index (χ3v) is 11.2. The summed E-state index contributed by atoms with van der Waals surface area (Å²) in [6.07, 6.45) is 0. The maximum atomic E-state index is 6.43. The molecule has 0 aliphatic heterocycles. The number of furan rings is 1. The third-order valence-electron chi connectivity index (χ3n) is 11.2. The van der Waals surface area contributed by atoms with Gasteiger partial charge in [0.15, 0.2) is 17.5 Å². The first-order valence-corrected chi connectivity index (χ1v) is 19.1. The predicted molar refractivity (Wildman–Crippen MR) is 232 cm³/mol. The molecule has 0 amide bonds. The SMILES string of the molecule is c1ccc(-c2nc(-c3ccc(-n4c5ccccc5c5cc6c7ccccc7n(-c7ccccc7)c6cc54)cc3)nc(-c3cccc4c3oc3ccccc34)n2)cc1. The summed E-state index contributed by atoms with van der Waals surface area (Å²) in [6, 6.07) is 65.6. The standard InChI is InChI=1S/C51H31N5O/c1-3-14-32(15-4-1)49-52-50(54-51(53-49)40-22-13-21-39-38-20-9-12-25-47(38)57-48(39)40)33-26-28-35(29-27-33)56-44-24-11-8-19-37(44)42-30-41-36-18-7-10-23-43(36)55(45(41)31-46(42)56)34-16-5-2-6-17-34/h1-31H. The highest BCUT2D eigenvalue weighted by Crippen LogP contribution is 2.40. The Hall–Kier alpha value is -7.83. The molecule has 0 radical (unpaired) electrons. The molecule has 0 N–H and O–H groups in total. The van der Waals surface area contributed by atoms with E-state index in [9.17, 15) is 0 Å². The first-order valence-electron chi connectivity index (χ1n) is 19.1. The lowest BCUT2D eigenvalue weighted by atomic mass is 10.1. The molecule has 0 fully saturated rings. The highest BCUT2D eigenvalue weighted by Gasteiger charge is 2.20. The summed E-state index contributed by atoms with van der Waals surface area (Å²) in [6.45, 7) is 0. The molecule has 0 spiro atoms. The van der Waals surface area contributed by atoms with Crippen LogP contribution >= 0.6 is 0 Å². The molecule has 4 aromatic heterocycles. The van der Waals surface area contributed by atoms with Crippen LogP contribution in [0.1, 0.15) is 0 Å². The number of nitrogens with zero attached hydrogens (tertiary/aromatic N) is 5. The quantitative estimate of drug-likeness (QED) is 0.177. The van der Waals surface area contributed by atoms with Gasteiger partial charge in [0, 0.05) is 54.8 Å². The van der Waals surface area contributed by atoms with Crippen LogP contribution in [0.4, 0.5) is 0 Å². The van der Waals surface area contributed by atoms with E-state index in [1.807, 2.05) is 60.7 Å². The molecule has 6 heteroatoms. The van der Waals surface area contributed by atoms with Gasteiger partial charge in [0.05, 0.1) is 27.6 Å². The Bertz CT molecular complexity index is 3510. The fourth-order valence-electron chi connectivity index (χ4n) is 8.59. The first-order chi connectivity index (χ1) is 28.3. The van der Waals surface area contributed by atoms with E-state index in [0.717, 1.165) is 61.0 Å². The van der Waals surface area contributed by atoms with E-state index in [-0.39, 0.29) is 0 Å². The number of hydrogen-bond donors (Lipinski definition) is 0. The predicted octanol–water partition coefficient (Wildman–Crippen LogP) is 13.0. The lowest BCUT2D eigenvalue weighted by Crippen LogP contribution is -2.01. The number of fused-ring (bicyclic) bond motifs is 9. The average molecular weight is 730 g/mol. The molecule has 6 nitrogen and oxygen atoms in total. The minimum absolute atomic E-state index is 0.563. The van der Waals surface area contributed by atoms with Crippen LogP contribution in [0, 0.1) is 0 Å². The molecular formula is C51H31N5O. The second-order valence-electron chi connectivity index (χ2n) is 14.4. The maximum absolute atomic E-state index is 6.43. The van der Waals surface area contributed by atoms with Gasteiger partial charge in [-0.15, -0.1) is 0 Å².